The van der Waals surface area contributed by atoms with Gasteiger partial charge in [0, 0.05) is 23.7 Å². The standard InChI is InChI=1S/C12H16N2S/c1-14-8-6-12(7-9-14)13-10-4-2-3-5-11(10)15-12/h2-5,13H,6-9H2,1H3. The Balaban J connectivity index is 1.83. The van der Waals surface area contributed by atoms with Crippen LogP contribution in [-0.2, 0) is 0 Å². The fourth-order valence-electron chi connectivity index (χ4n) is 2.35. The zero-order valence-electron chi connectivity index (χ0n) is 8.99. The summed E-state index contributed by atoms with van der Waals surface area (Å²) in [7, 11) is 2.21. The smallest absolute Gasteiger partial charge is 0.0905 e. The van der Waals surface area contributed by atoms with Crippen molar-refractivity contribution in [3.63, 3.8) is 0 Å². The van der Waals surface area contributed by atoms with Gasteiger partial charge in [0.25, 0.3) is 0 Å². The minimum Gasteiger partial charge on any atom is -0.369 e. The van der Waals surface area contributed by atoms with Crippen LogP contribution in [0.3, 0.4) is 0 Å². The molecule has 80 valence electrons. The molecule has 0 amide bonds. The summed E-state index contributed by atoms with van der Waals surface area (Å²) in [6.07, 6.45) is 2.48. The van der Waals surface area contributed by atoms with Crippen molar-refractivity contribution >= 4 is 17.4 Å². The van der Waals surface area contributed by atoms with Gasteiger partial charge < -0.3 is 10.2 Å². The molecule has 1 aromatic rings. The van der Waals surface area contributed by atoms with Gasteiger partial charge in [-0.3, -0.25) is 0 Å². The van der Waals surface area contributed by atoms with Crippen LogP contribution < -0.4 is 5.32 Å². The van der Waals surface area contributed by atoms with Crippen LogP contribution in [0.15, 0.2) is 29.2 Å². The summed E-state index contributed by atoms with van der Waals surface area (Å²) in [6.45, 7) is 2.40. The van der Waals surface area contributed by atoms with Crippen LogP contribution in [0.4, 0.5) is 5.69 Å². The van der Waals surface area contributed by atoms with E-state index < -0.39 is 0 Å². The molecule has 1 spiro atoms. The van der Waals surface area contributed by atoms with Gasteiger partial charge >= 0.3 is 0 Å². The first kappa shape index (κ1) is 9.55. The minimum atomic E-state index is 0.288. The van der Waals surface area contributed by atoms with Crippen LogP contribution >= 0.6 is 11.8 Å². The molecule has 0 unspecified atom stereocenters. The number of likely N-dealkylation sites (tertiary alicyclic amines) is 1. The normalized spacial score (nSPS) is 23.8. The van der Waals surface area contributed by atoms with Crippen molar-refractivity contribution < 1.29 is 0 Å². The number of anilines is 1. The van der Waals surface area contributed by atoms with Gasteiger partial charge in [0.15, 0.2) is 0 Å². The second kappa shape index (κ2) is 3.42. The molecule has 2 aliphatic rings. The molecule has 2 nitrogen and oxygen atoms in total. The SMILES string of the molecule is CN1CCC2(CC1)Nc1ccccc1S2. The van der Waals surface area contributed by atoms with E-state index in [0.717, 1.165) is 0 Å². The molecule has 0 saturated carbocycles. The lowest BCUT2D eigenvalue weighted by Gasteiger charge is -2.37. The molecule has 1 N–H and O–H groups in total. The topological polar surface area (TPSA) is 15.3 Å². The number of piperidine rings is 1. The maximum Gasteiger partial charge on any atom is 0.0905 e. The van der Waals surface area contributed by atoms with Gasteiger partial charge in [0.1, 0.15) is 0 Å². The molecule has 3 rings (SSSR count). The van der Waals surface area contributed by atoms with E-state index in [1.165, 1.54) is 36.5 Å². The van der Waals surface area contributed by atoms with Gasteiger partial charge in [-0.25, -0.2) is 0 Å². The lowest BCUT2D eigenvalue weighted by atomic mass is 10.0. The van der Waals surface area contributed by atoms with E-state index in [1.54, 1.807) is 0 Å². The van der Waals surface area contributed by atoms with Crippen LogP contribution in [0.25, 0.3) is 0 Å². The molecule has 0 aliphatic carbocycles. The Bertz CT molecular complexity index is 343. The van der Waals surface area contributed by atoms with Crippen molar-refractivity contribution in [2.45, 2.75) is 22.6 Å². The van der Waals surface area contributed by atoms with E-state index in [-0.39, 0.29) is 4.87 Å². The first-order chi connectivity index (χ1) is 7.27. The number of nitrogens with zero attached hydrogens (tertiary/aromatic N) is 1. The molecule has 2 aliphatic heterocycles. The van der Waals surface area contributed by atoms with E-state index in [9.17, 15) is 0 Å². The minimum absolute atomic E-state index is 0.288. The van der Waals surface area contributed by atoms with Gasteiger partial charge in [-0.05, 0) is 32.0 Å². The second-order valence-electron chi connectivity index (χ2n) is 4.52. The Morgan fingerprint density at radius 3 is 2.73 bits per heavy atom. The van der Waals surface area contributed by atoms with Crippen molar-refractivity contribution in [3.8, 4) is 0 Å². The Hall–Kier alpha value is -0.670. The molecule has 1 aromatic carbocycles. The number of hydrogen-bond donors (Lipinski definition) is 1. The quantitative estimate of drug-likeness (QED) is 0.723. The first-order valence-electron chi connectivity index (χ1n) is 5.52. The van der Waals surface area contributed by atoms with E-state index in [0.29, 0.717) is 0 Å². The van der Waals surface area contributed by atoms with Crippen LogP contribution in [0.2, 0.25) is 0 Å². The average molecular weight is 220 g/mol. The molecule has 0 bridgehead atoms. The molecule has 15 heavy (non-hydrogen) atoms. The van der Waals surface area contributed by atoms with Crippen molar-refractivity contribution in [1.29, 1.82) is 0 Å². The van der Waals surface area contributed by atoms with Crippen molar-refractivity contribution in [2.75, 3.05) is 25.5 Å². The number of para-hydroxylation sites is 1. The summed E-state index contributed by atoms with van der Waals surface area (Å²) in [5, 5.41) is 3.71. The Morgan fingerprint density at radius 2 is 2.00 bits per heavy atom. The number of benzene rings is 1. The molecule has 0 atom stereocenters. The van der Waals surface area contributed by atoms with Crippen LogP contribution in [0.5, 0.6) is 0 Å². The summed E-state index contributed by atoms with van der Waals surface area (Å²) in [4.78, 5) is 4.12. The second-order valence-corrected chi connectivity index (χ2v) is 5.95. The fourth-order valence-corrected chi connectivity index (χ4v) is 3.69. The Morgan fingerprint density at radius 1 is 1.27 bits per heavy atom. The van der Waals surface area contributed by atoms with Gasteiger partial charge in [0.2, 0.25) is 0 Å². The van der Waals surface area contributed by atoms with Crippen molar-refractivity contribution in [3.05, 3.63) is 24.3 Å². The lowest BCUT2D eigenvalue weighted by molar-refractivity contribution is 0.252. The van der Waals surface area contributed by atoms with E-state index in [4.69, 9.17) is 0 Å². The zero-order valence-corrected chi connectivity index (χ0v) is 9.81. The number of nitrogens with one attached hydrogen (secondary N) is 1. The molecule has 0 radical (unpaired) electrons. The highest BCUT2D eigenvalue weighted by Crippen LogP contribution is 2.49. The molecule has 1 saturated heterocycles. The molecule has 2 heterocycles. The van der Waals surface area contributed by atoms with Crippen molar-refractivity contribution in [1.82, 2.24) is 4.90 Å². The predicted molar refractivity (Wildman–Crippen MR) is 65.4 cm³/mol. The third kappa shape index (κ3) is 1.64. The van der Waals surface area contributed by atoms with E-state index >= 15 is 0 Å². The summed E-state index contributed by atoms with van der Waals surface area (Å²) in [5.74, 6) is 0. The molecule has 1 fully saturated rings. The van der Waals surface area contributed by atoms with Gasteiger partial charge in [0.05, 0.1) is 4.87 Å². The number of thioether (sulfide) groups is 1. The van der Waals surface area contributed by atoms with Gasteiger partial charge in [-0.15, -0.1) is 0 Å². The highest BCUT2D eigenvalue weighted by molar-refractivity contribution is 8.01. The highest BCUT2D eigenvalue weighted by Gasteiger charge is 2.39. The van der Waals surface area contributed by atoms with Crippen LogP contribution in [0.1, 0.15) is 12.8 Å². The van der Waals surface area contributed by atoms with Gasteiger partial charge in [-0.1, -0.05) is 23.9 Å². The molecular formula is C12H16N2S. The van der Waals surface area contributed by atoms with Gasteiger partial charge in [-0.2, -0.15) is 0 Å². The maximum atomic E-state index is 3.71. The van der Waals surface area contributed by atoms with Crippen LogP contribution in [0, 0.1) is 0 Å². The molecule has 3 heteroatoms. The van der Waals surface area contributed by atoms with Crippen molar-refractivity contribution in [2.24, 2.45) is 0 Å². The monoisotopic (exact) mass is 220 g/mol. The average Bonchev–Trinajstić information content (AvgIpc) is 2.61. The largest absolute Gasteiger partial charge is 0.369 e. The van der Waals surface area contributed by atoms with Crippen LogP contribution in [-0.4, -0.2) is 29.9 Å². The maximum absolute atomic E-state index is 3.71. The summed E-state index contributed by atoms with van der Waals surface area (Å²) < 4.78 is 0. The first-order valence-corrected chi connectivity index (χ1v) is 6.34. The molecule has 0 aromatic heterocycles. The lowest BCUT2D eigenvalue weighted by Crippen LogP contribution is -2.43. The fraction of sp³-hybridized carbons (Fsp3) is 0.500. The van der Waals surface area contributed by atoms with E-state index in [1.807, 2.05) is 11.8 Å². The molecular weight excluding hydrogens is 204 g/mol. The summed E-state index contributed by atoms with van der Waals surface area (Å²) in [5.41, 5.74) is 1.33. The number of fused-ring (bicyclic) bond motifs is 1. The highest BCUT2D eigenvalue weighted by atomic mass is 32.2. The Kier molecular flexibility index (Phi) is 2.18. The third-order valence-electron chi connectivity index (χ3n) is 3.35. The predicted octanol–water partition coefficient (Wildman–Crippen LogP) is 2.63. The number of rotatable bonds is 0. The summed E-state index contributed by atoms with van der Waals surface area (Å²) >= 11 is 2.02. The van der Waals surface area contributed by atoms with E-state index in [2.05, 4.69) is 41.5 Å². The third-order valence-corrected chi connectivity index (χ3v) is 4.83. The Labute approximate surface area is 95.0 Å². The zero-order chi connectivity index (χ0) is 10.3. The summed E-state index contributed by atoms with van der Waals surface area (Å²) in [6, 6.07) is 8.65. The number of hydrogen-bond acceptors (Lipinski definition) is 3.